The predicted octanol–water partition coefficient (Wildman–Crippen LogP) is 4.55. The van der Waals surface area contributed by atoms with Crippen LogP contribution in [-0.4, -0.2) is 42.7 Å². The molecule has 3 N–H and O–H groups in total. The van der Waals surface area contributed by atoms with Crippen LogP contribution in [0.5, 0.6) is 0 Å². The highest BCUT2D eigenvalue weighted by Crippen LogP contribution is 2.55. The lowest BCUT2D eigenvalue weighted by molar-refractivity contribution is -0.137. The molecule has 0 amide bonds. The molecule has 1 unspecified atom stereocenters. The molecular weight excluding hydrogens is 443 g/mol. The molecule has 7 nitrogen and oxygen atoms in total. The van der Waals surface area contributed by atoms with Crippen LogP contribution in [0.3, 0.4) is 0 Å². The summed E-state index contributed by atoms with van der Waals surface area (Å²) in [5.74, 6) is 0.512. The third-order valence-electron chi connectivity index (χ3n) is 8.33. The van der Waals surface area contributed by atoms with E-state index in [1.54, 1.807) is 0 Å². The number of aromatic amines is 1. The van der Waals surface area contributed by atoms with Crippen LogP contribution in [0.2, 0.25) is 0 Å². The third kappa shape index (κ3) is 3.25. The molecule has 0 bridgehead atoms. The molecule has 3 aromatic heterocycles. The monoisotopic (exact) mass is 471 g/mol. The number of nitrogens with zero attached hydrogens (tertiary/aromatic N) is 5. The number of H-pyrrole nitrogens is 1. The Bertz CT molecular complexity index is 1210. The smallest absolute Gasteiger partial charge is 0.383 e. The van der Waals surface area contributed by atoms with Crippen molar-refractivity contribution in [1.29, 1.82) is 0 Å². The van der Waals surface area contributed by atoms with Gasteiger partial charge in [0.2, 0.25) is 0 Å². The molecule has 2 atom stereocenters. The number of nitrogen functional groups attached to an aromatic ring is 1. The lowest BCUT2D eigenvalue weighted by atomic mass is 9.64. The Morgan fingerprint density at radius 3 is 2.59 bits per heavy atom. The van der Waals surface area contributed by atoms with Crippen molar-refractivity contribution in [2.45, 2.75) is 63.2 Å². The van der Waals surface area contributed by atoms with Crippen molar-refractivity contribution in [2.24, 2.45) is 5.41 Å². The van der Waals surface area contributed by atoms with E-state index in [2.05, 4.69) is 31.9 Å². The topological polar surface area (TPSA) is 88.7 Å². The second-order valence-electron chi connectivity index (χ2n) is 10.4. The van der Waals surface area contributed by atoms with Gasteiger partial charge in [0, 0.05) is 48.4 Å². The fourth-order valence-electron chi connectivity index (χ4n) is 6.36. The number of nitrogens with two attached hydrogens (primary N) is 1. The SMILES string of the molecule is CC1(C(c2ncc[nH]2)N2CC[C@@]3(CCn4nc(-c5cnc(N)c(C(F)(F)F)c5)cc43)C2)CCC1. The van der Waals surface area contributed by atoms with Crippen LogP contribution < -0.4 is 5.73 Å². The standard InChI is InChI=1S/C24H28F3N7/c1-22(3-2-4-22)19(21-29-7-8-30-21)33-9-5-23(14-33)6-10-34-18(23)12-17(32-34)15-11-16(24(25,26)27)20(28)31-13-15/h7-8,11-13,19H,2-6,9-10,14H2,1H3,(H2,28,31)(H,29,30)/t19?,23-/m1/s1. The van der Waals surface area contributed by atoms with Gasteiger partial charge in [-0.3, -0.25) is 9.58 Å². The Labute approximate surface area is 195 Å². The number of anilines is 1. The van der Waals surface area contributed by atoms with Gasteiger partial charge in [-0.25, -0.2) is 9.97 Å². The molecule has 1 saturated heterocycles. The van der Waals surface area contributed by atoms with Gasteiger partial charge in [-0.1, -0.05) is 13.3 Å². The van der Waals surface area contributed by atoms with Gasteiger partial charge in [-0.05, 0) is 49.8 Å². The van der Waals surface area contributed by atoms with E-state index in [1.165, 1.54) is 25.5 Å². The van der Waals surface area contributed by atoms with E-state index < -0.39 is 17.6 Å². The number of pyridine rings is 1. The Balaban J connectivity index is 1.31. The molecule has 3 aliphatic rings. The quantitative estimate of drug-likeness (QED) is 0.583. The molecule has 1 aliphatic carbocycles. The number of hydrogen-bond donors (Lipinski definition) is 2. The molecule has 3 aromatic rings. The minimum absolute atomic E-state index is 0.0513. The van der Waals surface area contributed by atoms with Crippen molar-refractivity contribution in [2.75, 3.05) is 18.8 Å². The van der Waals surface area contributed by atoms with Gasteiger partial charge in [0.1, 0.15) is 11.6 Å². The van der Waals surface area contributed by atoms with E-state index in [9.17, 15) is 13.2 Å². The zero-order valence-electron chi connectivity index (χ0n) is 19.1. The van der Waals surface area contributed by atoms with Gasteiger partial charge in [-0.2, -0.15) is 18.3 Å². The summed E-state index contributed by atoms with van der Waals surface area (Å²) >= 11 is 0. The number of imidazole rings is 1. The number of nitrogens with one attached hydrogen (secondary N) is 1. The Hall–Kier alpha value is -2.88. The predicted molar refractivity (Wildman–Crippen MR) is 121 cm³/mol. The van der Waals surface area contributed by atoms with E-state index in [0.717, 1.165) is 50.1 Å². The highest BCUT2D eigenvalue weighted by Gasteiger charge is 2.52. The van der Waals surface area contributed by atoms with Crippen LogP contribution >= 0.6 is 0 Å². The van der Waals surface area contributed by atoms with Gasteiger partial charge < -0.3 is 10.7 Å². The molecule has 2 fully saturated rings. The first-order valence-electron chi connectivity index (χ1n) is 11.8. The third-order valence-corrected chi connectivity index (χ3v) is 8.33. The Morgan fingerprint density at radius 1 is 1.12 bits per heavy atom. The normalized spacial score (nSPS) is 24.9. The molecule has 1 saturated carbocycles. The van der Waals surface area contributed by atoms with Gasteiger partial charge in [-0.15, -0.1) is 0 Å². The molecule has 34 heavy (non-hydrogen) atoms. The number of aryl methyl sites for hydroxylation is 1. The zero-order valence-corrected chi connectivity index (χ0v) is 19.1. The molecular formula is C24H28F3N7. The fourth-order valence-corrected chi connectivity index (χ4v) is 6.36. The van der Waals surface area contributed by atoms with Crippen molar-refractivity contribution in [3.05, 3.63) is 47.8 Å². The van der Waals surface area contributed by atoms with Gasteiger partial charge in [0.15, 0.2) is 0 Å². The maximum absolute atomic E-state index is 13.4. The molecule has 180 valence electrons. The van der Waals surface area contributed by atoms with Crippen molar-refractivity contribution >= 4 is 5.82 Å². The summed E-state index contributed by atoms with van der Waals surface area (Å²) in [4.78, 5) is 14.3. The van der Waals surface area contributed by atoms with Crippen LogP contribution in [0.1, 0.15) is 62.2 Å². The molecule has 1 spiro atoms. The molecule has 5 heterocycles. The first kappa shape index (κ1) is 21.6. The summed E-state index contributed by atoms with van der Waals surface area (Å²) in [7, 11) is 0. The minimum Gasteiger partial charge on any atom is -0.383 e. The molecule has 0 aromatic carbocycles. The molecule has 10 heteroatoms. The highest BCUT2D eigenvalue weighted by atomic mass is 19.4. The summed E-state index contributed by atoms with van der Waals surface area (Å²) in [6.07, 6.45) is 6.15. The summed E-state index contributed by atoms with van der Waals surface area (Å²) in [5.41, 5.74) is 6.67. The van der Waals surface area contributed by atoms with E-state index in [4.69, 9.17) is 5.73 Å². The van der Waals surface area contributed by atoms with Crippen LogP contribution in [-0.2, 0) is 18.1 Å². The van der Waals surface area contributed by atoms with Crippen molar-refractivity contribution in [1.82, 2.24) is 29.6 Å². The zero-order chi connectivity index (χ0) is 23.7. The van der Waals surface area contributed by atoms with E-state index in [1.807, 2.05) is 23.1 Å². The molecule has 2 aliphatic heterocycles. The number of aromatic nitrogens is 5. The number of rotatable bonds is 4. The number of hydrogen-bond acceptors (Lipinski definition) is 5. The molecule has 6 rings (SSSR count). The first-order chi connectivity index (χ1) is 16.2. The lowest BCUT2D eigenvalue weighted by Gasteiger charge is -2.48. The van der Waals surface area contributed by atoms with Gasteiger partial charge >= 0.3 is 6.18 Å². The molecule has 0 radical (unpaired) electrons. The van der Waals surface area contributed by atoms with Gasteiger partial charge in [0.25, 0.3) is 0 Å². The highest BCUT2D eigenvalue weighted by molar-refractivity contribution is 5.63. The summed E-state index contributed by atoms with van der Waals surface area (Å²) in [6, 6.07) is 3.25. The second kappa shape index (κ2) is 7.31. The maximum atomic E-state index is 13.4. The second-order valence-corrected chi connectivity index (χ2v) is 10.4. The number of fused-ring (bicyclic) bond motifs is 2. The van der Waals surface area contributed by atoms with Crippen molar-refractivity contribution in [3.63, 3.8) is 0 Å². The fraction of sp³-hybridized carbons (Fsp3) is 0.542. The van der Waals surface area contributed by atoms with Crippen LogP contribution in [0.4, 0.5) is 19.0 Å². The minimum atomic E-state index is -4.55. The lowest BCUT2D eigenvalue weighted by Crippen LogP contribution is -2.44. The van der Waals surface area contributed by atoms with E-state index in [-0.39, 0.29) is 16.9 Å². The Kier molecular flexibility index (Phi) is 4.65. The summed E-state index contributed by atoms with van der Waals surface area (Å²) in [5, 5.41) is 4.66. The number of likely N-dealkylation sites (tertiary alicyclic amines) is 1. The Morgan fingerprint density at radius 2 is 1.91 bits per heavy atom. The van der Waals surface area contributed by atoms with Crippen molar-refractivity contribution in [3.8, 4) is 11.3 Å². The number of halogens is 3. The van der Waals surface area contributed by atoms with Crippen LogP contribution in [0, 0.1) is 5.41 Å². The van der Waals surface area contributed by atoms with Crippen LogP contribution in [0.25, 0.3) is 11.3 Å². The van der Waals surface area contributed by atoms with E-state index >= 15 is 0 Å². The average Bonchev–Trinajstić information content (AvgIpc) is 3.54. The van der Waals surface area contributed by atoms with Crippen LogP contribution in [0.15, 0.2) is 30.7 Å². The van der Waals surface area contributed by atoms with Gasteiger partial charge in [0.05, 0.1) is 17.3 Å². The maximum Gasteiger partial charge on any atom is 0.419 e. The summed E-state index contributed by atoms with van der Waals surface area (Å²) < 4.78 is 42.0. The first-order valence-corrected chi connectivity index (χ1v) is 11.8. The average molecular weight is 472 g/mol. The summed E-state index contributed by atoms with van der Waals surface area (Å²) in [6.45, 7) is 4.98. The van der Waals surface area contributed by atoms with Crippen molar-refractivity contribution < 1.29 is 13.2 Å². The number of alkyl halides is 3. The largest absolute Gasteiger partial charge is 0.419 e. The van der Waals surface area contributed by atoms with E-state index in [0.29, 0.717) is 11.3 Å².